The van der Waals surface area contributed by atoms with E-state index in [2.05, 4.69) is 21.2 Å². The third kappa shape index (κ3) is 6.08. The van der Waals surface area contributed by atoms with E-state index in [1.54, 1.807) is 26.4 Å². The SMILES string of the molecule is COCCNC(=NCc1ccc([N+](=O)[O-])cc1)N1CCN(c2ccccc2OC)CC1. The summed E-state index contributed by atoms with van der Waals surface area (Å²) >= 11 is 0. The van der Waals surface area contributed by atoms with Crippen molar-refractivity contribution < 1.29 is 14.4 Å². The van der Waals surface area contributed by atoms with Crippen LogP contribution >= 0.6 is 0 Å². The largest absolute Gasteiger partial charge is 0.495 e. The third-order valence-electron chi connectivity index (χ3n) is 5.15. The van der Waals surface area contributed by atoms with Gasteiger partial charge >= 0.3 is 0 Å². The number of nitrogens with one attached hydrogen (secondary N) is 1. The van der Waals surface area contributed by atoms with Crippen molar-refractivity contribution in [2.24, 2.45) is 4.99 Å². The van der Waals surface area contributed by atoms with Crippen LogP contribution in [-0.2, 0) is 11.3 Å². The van der Waals surface area contributed by atoms with Crippen LogP contribution < -0.4 is 15.0 Å². The Bertz CT molecular complexity index is 880. The third-order valence-corrected chi connectivity index (χ3v) is 5.15. The number of nitro groups is 1. The van der Waals surface area contributed by atoms with Gasteiger partial charge in [0, 0.05) is 52.0 Å². The lowest BCUT2D eigenvalue weighted by atomic mass is 10.2. The minimum absolute atomic E-state index is 0.0821. The van der Waals surface area contributed by atoms with Crippen LogP contribution in [-0.4, -0.2) is 69.3 Å². The molecular weight excluding hydrogens is 398 g/mol. The van der Waals surface area contributed by atoms with Crippen LogP contribution in [0.1, 0.15) is 5.56 Å². The number of non-ortho nitro benzene ring substituents is 1. The number of methoxy groups -OCH3 is 2. The molecule has 0 radical (unpaired) electrons. The highest BCUT2D eigenvalue weighted by molar-refractivity contribution is 5.80. The fourth-order valence-corrected chi connectivity index (χ4v) is 3.47. The summed E-state index contributed by atoms with van der Waals surface area (Å²) in [5.74, 6) is 1.69. The average Bonchev–Trinajstić information content (AvgIpc) is 2.81. The first kappa shape index (κ1) is 22.4. The molecule has 0 bridgehead atoms. The molecule has 0 saturated carbocycles. The summed E-state index contributed by atoms with van der Waals surface area (Å²) < 4.78 is 10.7. The molecule has 0 atom stereocenters. The molecule has 0 unspecified atom stereocenters. The lowest BCUT2D eigenvalue weighted by Crippen LogP contribution is -2.53. The van der Waals surface area contributed by atoms with E-state index in [-0.39, 0.29) is 5.69 Å². The molecule has 1 saturated heterocycles. The van der Waals surface area contributed by atoms with Crippen LogP contribution in [0, 0.1) is 10.1 Å². The number of nitrogens with zero attached hydrogens (tertiary/aromatic N) is 4. The number of piperazine rings is 1. The van der Waals surface area contributed by atoms with Crippen LogP contribution in [0.4, 0.5) is 11.4 Å². The van der Waals surface area contributed by atoms with Gasteiger partial charge in [-0.2, -0.15) is 0 Å². The number of hydrogen-bond acceptors (Lipinski definition) is 6. The molecule has 0 spiro atoms. The van der Waals surface area contributed by atoms with Gasteiger partial charge in [-0.3, -0.25) is 10.1 Å². The molecule has 0 aromatic heterocycles. The zero-order chi connectivity index (χ0) is 22.1. The molecule has 9 heteroatoms. The van der Waals surface area contributed by atoms with E-state index >= 15 is 0 Å². The summed E-state index contributed by atoms with van der Waals surface area (Å²) in [7, 11) is 3.36. The minimum Gasteiger partial charge on any atom is -0.495 e. The van der Waals surface area contributed by atoms with Gasteiger partial charge in [-0.05, 0) is 17.7 Å². The molecular formula is C22H29N5O4. The topological polar surface area (TPSA) is 92.5 Å². The number of benzene rings is 2. The minimum atomic E-state index is -0.397. The molecule has 0 amide bonds. The summed E-state index contributed by atoms with van der Waals surface area (Å²) in [6, 6.07) is 14.6. The molecule has 2 aromatic carbocycles. The highest BCUT2D eigenvalue weighted by atomic mass is 16.6. The molecule has 1 heterocycles. The monoisotopic (exact) mass is 427 g/mol. The standard InChI is InChI=1S/C22H29N5O4/c1-30-16-11-23-22(24-17-18-7-9-19(10-8-18)27(28)29)26-14-12-25(13-15-26)20-5-3-4-6-21(20)31-2/h3-10H,11-17H2,1-2H3,(H,23,24). The van der Waals surface area contributed by atoms with Crippen molar-refractivity contribution in [1.29, 1.82) is 0 Å². The number of hydrogen-bond donors (Lipinski definition) is 1. The second-order valence-corrected chi connectivity index (χ2v) is 7.13. The predicted octanol–water partition coefficient (Wildman–Crippen LogP) is 2.52. The zero-order valence-corrected chi connectivity index (χ0v) is 18.0. The number of anilines is 1. The van der Waals surface area contributed by atoms with Gasteiger partial charge in [0.05, 0.1) is 30.9 Å². The van der Waals surface area contributed by atoms with Gasteiger partial charge in [0.25, 0.3) is 5.69 Å². The number of aliphatic imine (C=N–C) groups is 1. The van der Waals surface area contributed by atoms with Gasteiger partial charge in [-0.1, -0.05) is 24.3 Å². The van der Waals surface area contributed by atoms with Crippen molar-refractivity contribution in [2.45, 2.75) is 6.54 Å². The van der Waals surface area contributed by atoms with Gasteiger partial charge in [0.1, 0.15) is 5.75 Å². The summed E-state index contributed by atoms with van der Waals surface area (Å²) in [4.78, 5) is 19.7. The first-order valence-electron chi connectivity index (χ1n) is 10.3. The number of rotatable bonds is 8. The highest BCUT2D eigenvalue weighted by Gasteiger charge is 2.21. The van der Waals surface area contributed by atoms with Crippen molar-refractivity contribution in [2.75, 3.05) is 58.5 Å². The Balaban J connectivity index is 1.66. The quantitative estimate of drug-likeness (QED) is 0.227. The normalized spacial score (nSPS) is 14.5. The first-order chi connectivity index (χ1) is 15.1. The molecule has 3 rings (SSSR count). The Kier molecular flexibility index (Phi) is 8.05. The van der Waals surface area contributed by atoms with Crippen molar-refractivity contribution in [3.05, 3.63) is 64.2 Å². The van der Waals surface area contributed by atoms with Crippen LogP contribution in [0.2, 0.25) is 0 Å². The predicted molar refractivity (Wildman–Crippen MR) is 121 cm³/mol. The van der Waals surface area contributed by atoms with E-state index < -0.39 is 4.92 Å². The number of ether oxygens (including phenoxy) is 2. The molecule has 1 N–H and O–H groups in total. The molecule has 1 aliphatic heterocycles. The highest BCUT2D eigenvalue weighted by Crippen LogP contribution is 2.28. The Morgan fingerprint density at radius 2 is 1.81 bits per heavy atom. The summed E-state index contributed by atoms with van der Waals surface area (Å²) in [6.45, 7) is 5.01. The van der Waals surface area contributed by atoms with Gasteiger partial charge in [-0.15, -0.1) is 0 Å². The van der Waals surface area contributed by atoms with Crippen LogP contribution in [0.3, 0.4) is 0 Å². The van der Waals surface area contributed by atoms with E-state index in [4.69, 9.17) is 14.5 Å². The molecule has 1 aliphatic rings. The van der Waals surface area contributed by atoms with Crippen molar-refractivity contribution >= 4 is 17.3 Å². The number of para-hydroxylation sites is 2. The summed E-state index contributed by atoms with van der Waals surface area (Å²) in [5, 5.41) is 14.2. The van der Waals surface area contributed by atoms with Crippen molar-refractivity contribution in [1.82, 2.24) is 10.2 Å². The van der Waals surface area contributed by atoms with E-state index in [0.717, 1.165) is 49.1 Å². The second-order valence-electron chi connectivity index (χ2n) is 7.13. The average molecular weight is 428 g/mol. The van der Waals surface area contributed by atoms with E-state index in [1.165, 1.54) is 12.1 Å². The lowest BCUT2D eigenvalue weighted by Gasteiger charge is -2.38. The Morgan fingerprint density at radius 1 is 1.10 bits per heavy atom. The van der Waals surface area contributed by atoms with Crippen molar-refractivity contribution in [3.63, 3.8) is 0 Å². The number of guanidine groups is 1. The maximum absolute atomic E-state index is 10.8. The fraction of sp³-hybridized carbons (Fsp3) is 0.409. The van der Waals surface area contributed by atoms with Crippen molar-refractivity contribution in [3.8, 4) is 5.75 Å². The number of nitro benzene ring substituents is 1. The summed E-state index contributed by atoms with van der Waals surface area (Å²) in [5.41, 5.74) is 2.10. The molecule has 1 fully saturated rings. The molecule has 9 nitrogen and oxygen atoms in total. The smallest absolute Gasteiger partial charge is 0.269 e. The Hall–Kier alpha value is -3.33. The van der Waals surface area contributed by atoms with Crippen LogP contribution in [0.25, 0.3) is 0 Å². The van der Waals surface area contributed by atoms with E-state index in [9.17, 15) is 10.1 Å². The maximum atomic E-state index is 10.8. The zero-order valence-electron chi connectivity index (χ0n) is 18.0. The van der Waals surface area contributed by atoms with E-state index in [1.807, 2.05) is 18.2 Å². The van der Waals surface area contributed by atoms with Gasteiger partial charge < -0.3 is 24.6 Å². The molecule has 0 aliphatic carbocycles. The van der Waals surface area contributed by atoms with Gasteiger partial charge in [0.2, 0.25) is 0 Å². The summed E-state index contributed by atoms with van der Waals surface area (Å²) in [6.07, 6.45) is 0. The molecule has 2 aromatic rings. The van der Waals surface area contributed by atoms with Crippen LogP contribution in [0.5, 0.6) is 5.75 Å². The van der Waals surface area contributed by atoms with Gasteiger partial charge in [-0.25, -0.2) is 4.99 Å². The van der Waals surface area contributed by atoms with Gasteiger partial charge in [0.15, 0.2) is 5.96 Å². The van der Waals surface area contributed by atoms with Crippen LogP contribution in [0.15, 0.2) is 53.5 Å². The maximum Gasteiger partial charge on any atom is 0.269 e. The second kappa shape index (κ2) is 11.2. The molecule has 31 heavy (non-hydrogen) atoms. The Labute approximate surface area is 182 Å². The lowest BCUT2D eigenvalue weighted by molar-refractivity contribution is -0.384. The molecule has 166 valence electrons. The fourth-order valence-electron chi connectivity index (χ4n) is 3.47. The first-order valence-corrected chi connectivity index (χ1v) is 10.3. The van der Waals surface area contributed by atoms with E-state index in [0.29, 0.717) is 19.7 Å². The Morgan fingerprint density at radius 3 is 2.45 bits per heavy atom.